The van der Waals surface area contributed by atoms with Gasteiger partial charge in [-0.3, -0.25) is 0 Å². The average molecular weight is 364 g/mol. The fourth-order valence-electron chi connectivity index (χ4n) is 2.41. The molecule has 0 atom stereocenters. The third-order valence-corrected chi connectivity index (χ3v) is 4.48. The van der Waals surface area contributed by atoms with Gasteiger partial charge in [-0.05, 0) is 66.1 Å². The van der Waals surface area contributed by atoms with Crippen molar-refractivity contribution in [2.45, 2.75) is 65.3 Å². The van der Waals surface area contributed by atoms with Crippen LogP contribution in [-0.4, -0.2) is 43.8 Å². The van der Waals surface area contributed by atoms with Crippen LogP contribution in [0.4, 0.5) is 0 Å². The highest BCUT2D eigenvalue weighted by Gasteiger charge is 2.51. The SMILES string of the molecule is COCOc1cc(B2OC(C)(C)C(C)(C)O2)ccc1C(=O)OC(C)(C)C. The lowest BCUT2D eigenvalue weighted by molar-refractivity contribution is 0.00556. The van der Waals surface area contributed by atoms with Crippen LogP contribution < -0.4 is 10.2 Å². The Morgan fingerprint density at radius 3 is 2.19 bits per heavy atom. The van der Waals surface area contributed by atoms with E-state index in [4.69, 9.17) is 23.5 Å². The van der Waals surface area contributed by atoms with Crippen molar-refractivity contribution in [1.82, 2.24) is 0 Å². The first-order valence-corrected chi connectivity index (χ1v) is 8.71. The summed E-state index contributed by atoms with van der Waals surface area (Å²) in [6.45, 7) is 13.4. The summed E-state index contributed by atoms with van der Waals surface area (Å²) in [5.74, 6) is -0.0858. The molecule has 0 aromatic heterocycles. The summed E-state index contributed by atoms with van der Waals surface area (Å²) in [4.78, 5) is 12.5. The lowest BCUT2D eigenvalue weighted by Gasteiger charge is -2.32. The quantitative estimate of drug-likeness (QED) is 0.455. The number of carbonyl (C=O) groups excluding carboxylic acids is 1. The molecule has 0 spiro atoms. The first-order chi connectivity index (χ1) is 11.9. The van der Waals surface area contributed by atoms with Crippen LogP contribution in [0.25, 0.3) is 0 Å². The third-order valence-electron chi connectivity index (χ3n) is 4.48. The number of hydrogen-bond donors (Lipinski definition) is 0. The molecule has 0 radical (unpaired) electrons. The van der Waals surface area contributed by atoms with Crippen molar-refractivity contribution in [2.24, 2.45) is 0 Å². The van der Waals surface area contributed by atoms with E-state index >= 15 is 0 Å². The van der Waals surface area contributed by atoms with Crippen molar-refractivity contribution >= 4 is 18.6 Å². The van der Waals surface area contributed by atoms with Crippen molar-refractivity contribution in [3.8, 4) is 5.75 Å². The van der Waals surface area contributed by atoms with Gasteiger partial charge in [-0.1, -0.05) is 6.07 Å². The lowest BCUT2D eigenvalue weighted by atomic mass is 9.78. The van der Waals surface area contributed by atoms with Crippen LogP contribution >= 0.6 is 0 Å². The molecule has 0 bridgehead atoms. The summed E-state index contributed by atoms with van der Waals surface area (Å²) in [7, 11) is 0.975. The van der Waals surface area contributed by atoms with E-state index in [1.54, 1.807) is 18.2 Å². The fraction of sp³-hybridized carbons (Fsp3) is 0.632. The summed E-state index contributed by atoms with van der Waals surface area (Å²) in [5.41, 5.74) is -0.399. The number of rotatable bonds is 5. The van der Waals surface area contributed by atoms with Gasteiger partial charge in [0.1, 0.15) is 16.9 Å². The van der Waals surface area contributed by atoms with Crippen molar-refractivity contribution in [3.63, 3.8) is 0 Å². The molecular weight excluding hydrogens is 335 g/mol. The molecule has 0 amide bonds. The maximum atomic E-state index is 12.5. The first-order valence-electron chi connectivity index (χ1n) is 8.71. The van der Waals surface area contributed by atoms with Gasteiger partial charge in [-0.2, -0.15) is 0 Å². The molecule has 1 aromatic rings. The third kappa shape index (κ3) is 4.58. The second kappa shape index (κ2) is 7.21. The van der Waals surface area contributed by atoms with Gasteiger partial charge in [0.05, 0.1) is 11.2 Å². The van der Waals surface area contributed by atoms with Crippen LogP contribution in [0.15, 0.2) is 18.2 Å². The Balaban J connectivity index is 2.32. The molecule has 1 heterocycles. The minimum atomic E-state index is -0.597. The first kappa shape index (κ1) is 20.7. The van der Waals surface area contributed by atoms with Gasteiger partial charge < -0.3 is 23.5 Å². The van der Waals surface area contributed by atoms with Crippen LogP contribution in [0.1, 0.15) is 58.8 Å². The molecule has 26 heavy (non-hydrogen) atoms. The Kier molecular flexibility index (Phi) is 5.76. The molecule has 1 aliphatic rings. The maximum Gasteiger partial charge on any atom is 0.494 e. The van der Waals surface area contributed by atoms with Crippen molar-refractivity contribution < 1.29 is 28.3 Å². The molecule has 7 heteroatoms. The Labute approximate surface area is 156 Å². The summed E-state index contributed by atoms with van der Waals surface area (Å²) in [5, 5.41) is 0. The van der Waals surface area contributed by atoms with Gasteiger partial charge >= 0.3 is 13.1 Å². The number of ether oxygens (including phenoxy) is 3. The van der Waals surface area contributed by atoms with E-state index in [-0.39, 0.29) is 6.79 Å². The van der Waals surface area contributed by atoms with Gasteiger partial charge in [0.2, 0.25) is 0 Å². The number of hydrogen-bond acceptors (Lipinski definition) is 6. The molecular formula is C19H29BO6. The topological polar surface area (TPSA) is 63.2 Å². The average Bonchev–Trinajstić information content (AvgIpc) is 2.71. The summed E-state index contributed by atoms with van der Waals surface area (Å²) < 4.78 is 28.2. The number of methoxy groups -OCH3 is 1. The zero-order chi connectivity index (χ0) is 19.8. The van der Waals surface area contributed by atoms with E-state index in [2.05, 4.69) is 0 Å². The lowest BCUT2D eigenvalue weighted by Crippen LogP contribution is -2.41. The zero-order valence-electron chi connectivity index (χ0n) is 17.0. The van der Waals surface area contributed by atoms with Crippen molar-refractivity contribution in [2.75, 3.05) is 13.9 Å². The number of benzene rings is 1. The smallest absolute Gasteiger partial charge is 0.467 e. The highest BCUT2D eigenvalue weighted by atomic mass is 16.7. The summed E-state index contributed by atoms with van der Waals surface area (Å²) >= 11 is 0. The monoisotopic (exact) mass is 364 g/mol. The van der Waals surface area contributed by atoms with Crippen molar-refractivity contribution in [3.05, 3.63) is 23.8 Å². The molecule has 1 aliphatic heterocycles. The Morgan fingerprint density at radius 1 is 1.12 bits per heavy atom. The van der Waals surface area contributed by atoms with Crippen LogP contribution in [0, 0.1) is 0 Å². The molecule has 144 valence electrons. The molecule has 0 N–H and O–H groups in total. The molecule has 6 nitrogen and oxygen atoms in total. The summed E-state index contributed by atoms with van der Waals surface area (Å²) in [6, 6.07) is 5.20. The summed E-state index contributed by atoms with van der Waals surface area (Å²) in [6.07, 6.45) is 0. The predicted octanol–water partition coefficient (Wildman–Crippen LogP) is 2.92. The van der Waals surface area contributed by atoms with E-state index in [0.717, 1.165) is 5.46 Å². The number of carbonyl (C=O) groups is 1. The molecule has 0 saturated carbocycles. The van der Waals surface area contributed by atoms with Crippen LogP contribution in [0.5, 0.6) is 5.75 Å². The van der Waals surface area contributed by atoms with E-state index in [1.807, 2.05) is 48.5 Å². The van der Waals surface area contributed by atoms with E-state index in [0.29, 0.717) is 11.3 Å². The van der Waals surface area contributed by atoms with Gasteiger partial charge in [0.25, 0.3) is 0 Å². The fourth-order valence-corrected chi connectivity index (χ4v) is 2.41. The standard InChI is InChI=1S/C19H29BO6/c1-17(2,3)24-16(21)14-10-9-13(11-15(14)23-12-22-8)20-25-18(4,5)19(6,7)26-20/h9-11H,12H2,1-8H3. The van der Waals surface area contributed by atoms with Crippen LogP contribution in [0.3, 0.4) is 0 Å². The predicted molar refractivity (Wildman–Crippen MR) is 99.8 cm³/mol. The van der Waals surface area contributed by atoms with Gasteiger partial charge in [-0.15, -0.1) is 0 Å². The molecule has 1 saturated heterocycles. The highest BCUT2D eigenvalue weighted by molar-refractivity contribution is 6.62. The maximum absolute atomic E-state index is 12.5. The normalized spacial score (nSPS) is 18.7. The molecule has 0 unspecified atom stereocenters. The van der Waals surface area contributed by atoms with Crippen LogP contribution in [0.2, 0.25) is 0 Å². The van der Waals surface area contributed by atoms with Gasteiger partial charge in [0, 0.05) is 7.11 Å². The van der Waals surface area contributed by atoms with Gasteiger partial charge in [-0.25, -0.2) is 4.79 Å². The second-order valence-electron chi connectivity index (χ2n) is 8.40. The van der Waals surface area contributed by atoms with E-state index in [1.165, 1.54) is 7.11 Å². The number of esters is 1. The second-order valence-corrected chi connectivity index (χ2v) is 8.40. The Bertz CT molecular complexity index is 646. The van der Waals surface area contributed by atoms with Crippen LogP contribution in [-0.2, 0) is 18.8 Å². The molecule has 1 aromatic carbocycles. The molecule has 2 rings (SSSR count). The van der Waals surface area contributed by atoms with Gasteiger partial charge in [0.15, 0.2) is 6.79 Å². The highest BCUT2D eigenvalue weighted by Crippen LogP contribution is 2.36. The minimum absolute atomic E-state index is 0.0165. The Morgan fingerprint density at radius 2 is 1.69 bits per heavy atom. The minimum Gasteiger partial charge on any atom is -0.467 e. The zero-order valence-corrected chi connectivity index (χ0v) is 17.0. The molecule has 0 aliphatic carbocycles. The van der Waals surface area contributed by atoms with Crippen molar-refractivity contribution in [1.29, 1.82) is 0 Å². The molecule has 1 fully saturated rings. The van der Waals surface area contributed by atoms with E-state index < -0.39 is 29.9 Å². The van der Waals surface area contributed by atoms with E-state index in [9.17, 15) is 4.79 Å². The largest absolute Gasteiger partial charge is 0.494 e. The Hall–Kier alpha value is -1.57.